The van der Waals surface area contributed by atoms with Gasteiger partial charge in [0.15, 0.2) is 9.84 Å². The zero-order valence-corrected chi connectivity index (χ0v) is 11.4. The maximum absolute atomic E-state index is 11.5. The van der Waals surface area contributed by atoms with Gasteiger partial charge in [-0.25, -0.2) is 13.4 Å². The van der Waals surface area contributed by atoms with Crippen LogP contribution in [0.5, 0.6) is 0 Å². The van der Waals surface area contributed by atoms with E-state index in [0.29, 0.717) is 6.54 Å². The highest BCUT2D eigenvalue weighted by atomic mass is 32.2. The zero-order chi connectivity index (χ0) is 13.3. The summed E-state index contributed by atoms with van der Waals surface area (Å²) in [5.74, 6) is 1.06. The molecule has 1 aliphatic rings. The molecule has 100 valence electrons. The molecule has 2 rings (SSSR count). The van der Waals surface area contributed by atoms with E-state index < -0.39 is 15.9 Å². The van der Waals surface area contributed by atoms with Gasteiger partial charge in [0.05, 0.1) is 17.6 Å². The standard InChI is InChI=1S/C12H18N2O3S/c1-9-8-18(16,17)6-5-14(9)12-7-11(10(2)15)3-4-13-12/h3-4,7,9-10,15H,5-6,8H2,1-2H3. The lowest BCUT2D eigenvalue weighted by Gasteiger charge is -2.34. The summed E-state index contributed by atoms with van der Waals surface area (Å²) in [7, 11) is -2.92. The van der Waals surface area contributed by atoms with E-state index in [0.717, 1.165) is 11.4 Å². The van der Waals surface area contributed by atoms with Crippen LogP contribution in [0.2, 0.25) is 0 Å². The maximum atomic E-state index is 11.5. The lowest BCUT2D eigenvalue weighted by atomic mass is 10.1. The number of aliphatic hydroxyl groups excluding tert-OH is 1. The van der Waals surface area contributed by atoms with Crippen molar-refractivity contribution in [2.45, 2.75) is 26.0 Å². The molecule has 0 saturated carbocycles. The Kier molecular flexibility index (Phi) is 3.59. The molecule has 0 aliphatic carbocycles. The predicted molar refractivity (Wildman–Crippen MR) is 70.3 cm³/mol. The predicted octanol–water partition coefficient (Wildman–Crippen LogP) is 0.758. The van der Waals surface area contributed by atoms with E-state index in [2.05, 4.69) is 4.98 Å². The first kappa shape index (κ1) is 13.3. The Morgan fingerprint density at radius 1 is 1.56 bits per heavy atom. The minimum Gasteiger partial charge on any atom is -0.389 e. The fourth-order valence-electron chi connectivity index (χ4n) is 2.19. The molecule has 0 bridgehead atoms. The molecule has 0 amide bonds. The number of nitrogens with zero attached hydrogens (tertiary/aromatic N) is 2. The van der Waals surface area contributed by atoms with Gasteiger partial charge in [0, 0.05) is 18.8 Å². The fourth-order valence-corrected chi connectivity index (χ4v) is 3.75. The molecule has 5 nitrogen and oxygen atoms in total. The second kappa shape index (κ2) is 4.85. The van der Waals surface area contributed by atoms with Crippen molar-refractivity contribution < 1.29 is 13.5 Å². The van der Waals surface area contributed by atoms with Crippen LogP contribution in [0.4, 0.5) is 5.82 Å². The number of aliphatic hydroxyl groups is 1. The zero-order valence-electron chi connectivity index (χ0n) is 10.6. The summed E-state index contributed by atoms with van der Waals surface area (Å²) in [4.78, 5) is 6.24. The van der Waals surface area contributed by atoms with Crippen molar-refractivity contribution in [1.29, 1.82) is 0 Å². The van der Waals surface area contributed by atoms with Gasteiger partial charge in [-0.1, -0.05) is 0 Å². The Labute approximate surface area is 107 Å². The number of anilines is 1. The van der Waals surface area contributed by atoms with E-state index in [1.54, 1.807) is 19.2 Å². The van der Waals surface area contributed by atoms with Gasteiger partial charge in [-0.3, -0.25) is 0 Å². The highest BCUT2D eigenvalue weighted by molar-refractivity contribution is 7.91. The quantitative estimate of drug-likeness (QED) is 0.859. The molecule has 6 heteroatoms. The van der Waals surface area contributed by atoms with Crippen LogP contribution in [-0.2, 0) is 9.84 Å². The number of aromatic nitrogens is 1. The van der Waals surface area contributed by atoms with Crippen LogP contribution in [0.3, 0.4) is 0 Å². The smallest absolute Gasteiger partial charge is 0.154 e. The number of sulfone groups is 1. The molecule has 1 aromatic heterocycles. The summed E-state index contributed by atoms with van der Waals surface area (Å²) in [6.45, 7) is 4.04. The van der Waals surface area contributed by atoms with Crippen molar-refractivity contribution in [3.8, 4) is 0 Å². The average Bonchev–Trinajstić information content (AvgIpc) is 2.28. The average molecular weight is 270 g/mol. The van der Waals surface area contributed by atoms with Gasteiger partial charge in [0.2, 0.25) is 0 Å². The Balaban J connectivity index is 2.24. The van der Waals surface area contributed by atoms with Gasteiger partial charge >= 0.3 is 0 Å². The van der Waals surface area contributed by atoms with E-state index in [9.17, 15) is 13.5 Å². The monoisotopic (exact) mass is 270 g/mol. The first-order chi connectivity index (χ1) is 8.39. The van der Waals surface area contributed by atoms with E-state index in [1.807, 2.05) is 17.9 Å². The van der Waals surface area contributed by atoms with Gasteiger partial charge in [-0.05, 0) is 31.5 Å². The fraction of sp³-hybridized carbons (Fsp3) is 0.583. The van der Waals surface area contributed by atoms with Crippen molar-refractivity contribution in [3.05, 3.63) is 23.9 Å². The number of hydrogen-bond acceptors (Lipinski definition) is 5. The molecule has 0 radical (unpaired) electrons. The second-order valence-corrected chi connectivity index (χ2v) is 7.01. The molecule has 1 aliphatic heterocycles. The SMILES string of the molecule is CC(O)c1ccnc(N2CCS(=O)(=O)CC2C)c1. The van der Waals surface area contributed by atoms with Crippen molar-refractivity contribution in [2.75, 3.05) is 23.0 Å². The molecule has 18 heavy (non-hydrogen) atoms. The van der Waals surface area contributed by atoms with E-state index in [-0.39, 0.29) is 17.5 Å². The number of pyridine rings is 1. The minimum absolute atomic E-state index is 0.0829. The molecule has 2 heterocycles. The Morgan fingerprint density at radius 2 is 2.28 bits per heavy atom. The summed E-state index contributed by atoms with van der Waals surface area (Å²) in [6, 6.07) is 3.50. The largest absolute Gasteiger partial charge is 0.389 e. The Hall–Kier alpha value is -1.14. The summed E-state index contributed by atoms with van der Waals surface area (Å²) >= 11 is 0. The molecule has 1 N–H and O–H groups in total. The molecule has 2 atom stereocenters. The topological polar surface area (TPSA) is 70.5 Å². The molecule has 0 spiro atoms. The first-order valence-corrected chi connectivity index (χ1v) is 7.82. The van der Waals surface area contributed by atoms with Crippen LogP contribution in [0.15, 0.2) is 18.3 Å². The van der Waals surface area contributed by atoms with Crippen molar-refractivity contribution in [3.63, 3.8) is 0 Å². The van der Waals surface area contributed by atoms with E-state index in [1.165, 1.54) is 0 Å². The lowest BCUT2D eigenvalue weighted by molar-refractivity contribution is 0.199. The van der Waals surface area contributed by atoms with Crippen molar-refractivity contribution >= 4 is 15.7 Å². The third-order valence-electron chi connectivity index (χ3n) is 3.22. The molecule has 0 aromatic carbocycles. The highest BCUT2D eigenvalue weighted by Crippen LogP contribution is 2.22. The van der Waals surface area contributed by atoms with Gasteiger partial charge < -0.3 is 10.0 Å². The van der Waals surface area contributed by atoms with Crippen LogP contribution >= 0.6 is 0 Å². The van der Waals surface area contributed by atoms with Crippen molar-refractivity contribution in [1.82, 2.24) is 4.98 Å². The number of rotatable bonds is 2. The van der Waals surface area contributed by atoms with Gasteiger partial charge in [0.1, 0.15) is 5.82 Å². The van der Waals surface area contributed by atoms with Crippen molar-refractivity contribution in [2.24, 2.45) is 0 Å². The van der Waals surface area contributed by atoms with Gasteiger partial charge in [-0.15, -0.1) is 0 Å². The lowest BCUT2D eigenvalue weighted by Crippen LogP contribution is -2.47. The summed E-state index contributed by atoms with van der Waals surface area (Å²) in [6.07, 6.45) is 1.10. The first-order valence-electron chi connectivity index (χ1n) is 6.00. The van der Waals surface area contributed by atoms with E-state index in [4.69, 9.17) is 0 Å². The molecule has 1 fully saturated rings. The Morgan fingerprint density at radius 3 is 2.89 bits per heavy atom. The molecular formula is C12H18N2O3S. The van der Waals surface area contributed by atoms with Crippen LogP contribution in [0.1, 0.15) is 25.5 Å². The minimum atomic E-state index is -2.92. The summed E-state index contributed by atoms with van der Waals surface area (Å²) in [5, 5.41) is 9.55. The van der Waals surface area contributed by atoms with Crippen LogP contribution in [0.25, 0.3) is 0 Å². The van der Waals surface area contributed by atoms with E-state index >= 15 is 0 Å². The second-order valence-electron chi connectivity index (χ2n) is 4.78. The molecule has 2 unspecified atom stereocenters. The Bertz CT molecular complexity index is 528. The highest BCUT2D eigenvalue weighted by Gasteiger charge is 2.28. The number of hydrogen-bond donors (Lipinski definition) is 1. The molecule has 1 saturated heterocycles. The van der Waals surface area contributed by atoms with Crippen LogP contribution in [-0.4, -0.2) is 42.6 Å². The maximum Gasteiger partial charge on any atom is 0.154 e. The molecular weight excluding hydrogens is 252 g/mol. The third-order valence-corrected chi connectivity index (χ3v) is 5.01. The third kappa shape index (κ3) is 2.81. The van der Waals surface area contributed by atoms with Gasteiger partial charge in [0.25, 0.3) is 0 Å². The van der Waals surface area contributed by atoms with Crippen LogP contribution in [0, 0.1) is 0 Å². The normalized spacial score (nSPS) is 24.8. The summed E-state index contributed by atoms with van der Waals surface area (Å²) in [5.41, 5.74) is 0.792. The van der Waals surface area contributed by atoms with Crippen LogP contribution < -0.4 is 4.90 Å². The van der Waals surface area contributed by atoms with Gasteiger partial charge in [-0.2, -0.15) is 0 Å². The summed E-state index contributed by atoms with van der Waals surface area (Å²) < 4.78 is 23.1. The molecule has 1 aromatic rings.